The molecule has 3 heterocycles. The van der Waals surface area contributed by atoms with Crippen LogP contribution in [0, 0.1) is 0 Å². The number of aromatic amines is 2. The lowest BCUT2D eigenvalue weighted by Crippen LogP contribution is -2.24. The number of hydrogen-bond donors (Lipinski definition) is 2. The Balaban J connectivity index is 2.20. The lowest BCUT2D eigenvalue weighted by molar-refractivity contribution is 0.504. The number of H-pyrrole nitrogens is 2. The maximum absolute atomic E-state index is 4.17. The van der Waals surface area contributed by atoms with Crippen LogP contribution < -0.4 is 0 Å². The summed E-state index contributed by atoms with van der Waals surface area (Å²) in [5.74, 6) is 1.03. The maximum atomic E-state index is 4.17. The molecule has 0 aromatic carbocycles. The molecule has 0 saturated heterocycles. The minimum Gasteiger partial charge on any atom is -0.344 e. The van der Waals surface area contributed by atoms with Crippen molar-refractivity contribution < 1.29 is 0 Å². The summed E-state index contributed by atoms with van der Waals surface area (Å²) in [5.41, 5.74) is -1.03. The Morgan fingerprint density at radius 3 is 2.80 bits per heavy atom. The Morgan fingerprint density at radius 2 is 2.20 bits per heavy atom. The van der Waals surface area contributed by atoms with Gasteiger partial charge in [0, 0.05) is 12.4 Å². The number of imidazole rings is 1. The molecule has 2 aromatic rings. The zero-order chi connectivity index (χ0) is 10.1. The van der Waals surface area contributed by atoms with Gasteiger partial charge in [0.2, 0.25) is 0 Å². The van der Waals surface area contributed by atoms with Crippen LogP contribution in [0.25, 0.3) is 0 Å². The highest BCUT2D eigenvalue weighted by molar-refractivity contribution is 5.58. The molecular formula is C7H6N8. The molecule has 8 nitrogen and oxygen atoms in total. The first-order valence-electron chi connectivity index (χ1n) is 4.23. The van der Waals surface area contributed by atoms with Gasteiger partial charge in [0.25, 0.3) is 5.66 Å². The van der Waals surface area contributed by atoms with Crippen LogP contribution >= 0.6 is 0 Å². The molecule has 0 aliphatic carbocycles. The summed E-state index contributed by atoms with van der Waals surface area (Å²) in [4.78, 5) is 15.3. The molecule has 0 fully saturated rings. The van der Waals surface area contributed by atoms with Crippen molar-refractivity contribution in [1.29, 1.82) is 0 Å². The van der Waals surface area contributed by atoms with Crippen LogP contribution in [0.2, 0.25) is 0 Å². The molecule has 1 atom stereocenters. The van der Waals surface area contributed by atoms with Crippen LogP contribution in [0.15, 0.2) is 33.9 Å². The van der Waals surface area contributed by atoms with E-state index >= 15 is 0 Å². The standard InChI is InChI=1S/C7H6N8/c1-2-9-5(8-1)7(11-4-13-15-7)6-10-3-12-14-6/h1-4H,(H,8,9)(H,10,12,14). The number of aromatic nitrogens is 5. The Labute approximate surface area is 83.6 Å². The zero-order valence-electron chi connectivity index (χ0n) is 7.49. The van der Waals surface area contributed by atoms with Gasteiger partial charge in [-0.1, -0.05) is 0 Å². The number of aliphatic imine (C=N–C) groups is 1. The average molecular weight is 202 g/mol. The topological polar surface area (TPSA) is 107 Å². The normalized spacial score (nSPS) is 23.7. The van der Waals surface area contributed by atoms with Crippen molar-refractivity contribution in [3.05, 3.63) is 30.4 Å². The van der Waals surface area contributed by atoms with E-state index in [0.717, 1.165) is 0 Å². The molecule has 0 saturated carbocycles. The number of hydrogen-bond acceptors (Lipinski definition) is 6. The summed E-state index contributed by atoms with van der Waals surface area (Å²) in [6.45, 7) is 0. The molecule has 15 heavy (non-hydrogen) atoms. The minimum absolute atomic E-state index is 0.481. The van der Waals surface area contributed by atoms with Crippen molar-refractivity contribution in [3.63, 3.8) is 0 Å². The molecule has 2 aromatic heterocycles. The first-order chi connectivity index (χ1) is 7.42. The molecule has 1 aliphatic heterocycles. The van der Waals surface area contributed by atoms with Crippen LogP contribution in [0.5, 0.6) is 0 Å². The molecule has 2 N–H and O–H groups in total. The minimum atomic E-state index is -1.03. The van der Waals surface area contributed by atoms with Crippen molar-refractivity contribution in [2.24, 2.45) is 15.2 Å². The van der Waals surface area contributed by atoms with Crippen molar-refractivity contribution in [2.45, 2.75) is 5.66 Å². The Bertz CT molecular complexity index is 445. The molecule has 3 rings (SSSR count). The molecule has 0 radical (unpaired) electrons. The highest BCUT2D eigenvalue weighted by Gasteiger charge is 2.41. The number of nitrogens with one attached hydrogen (secondary N) is 2. The lowest BCUT2D eigenvalue weighted by Gasteiger charge is -2.14. The van der Waals surface area contributed by atoms with Gasteiger partial charge < -0.3 is 4.98 Å². The molecule has 74 valence electrons. The molecule has 1 aliphatic rings. The summed E-state index contributed by atoms with van der Waals surface area (Å²) in [6.07, 6.45) is 6.07. The predicted molar refractivity (Wildman–Crippen MR) is 49.1 cm³/mol. The zero-order valence-corrected chi connectivity index (χ0v) is 7.49. The first kappa shape index (κ1) is 7.97. The third kappa shape index (κ3) is 1.01. The molecule has 0 bridgehead atoms. The quantitative estimate of drug-likeness (QED) is 0.727. The third-order valence-electron chi connectivity index (χ3n) is 2.07. The largest absolute Gasteiger partial charge is 0.344 e. The van der Waals surface area contributed by atoms with E-state index in [1.54, 1.807) is 12.4 Å². The highest BCUT2D eigenvalue weighted by atomic mass is 15.4. The lowest BCUT2D eigenvalue weighted by atomic mass is 10.1. The van der Waals surface area contributed by atoms with E-state index in [-0.39, 0.29) is 0 Å². The SMILES string of the molecule is C1=NC(c2ncc[nH]2)(c2ncn[nH]2)N=N1. The van der Waals surface area contributed by atoms with E-state index in [1.807, 2.05) is 0 Å². The van der Waals surface area contributed by atoms with Crippen LogP contribution in [0.3, 0.4) is 0 Å². The van der Waals surface area contributed by atoms with Gasteiger partial charge in [-0.3, -0.25) is 5.10 Å². The molecule has 8 heteroatoms. The second-order valence-corrected chi connectivity index (χ2v) is 2.90. The van der Waals surface area contributed by atoms with E-state index in [4.69, 9.17) is 0 Å². The van der Waals surface area contributed by atoms with E-state index < -0.39 is 5.66 Å². The fourth-order valence-corrected chi connectivity index (χ4v) is 1.40. The molecule has 0 spiro atoms. The highest BCUT2D eigenvalue weighted by Crippen LogP contribution is 2.32. The van der Waals surface area contributed by atoms with E-state index in [0.29, 0.717) is 11.6 Å². The van der Waals surface area contributed by atoms with Crippen LogP contribution in [-0.2, 0) is 5.66 Å². The maximum Gasteiger partial charge on any atom is 0.288 e. The third-order valence-corrected chi connectivity index (χ3v) is 2.07. The number of azo groups is 1. The average Bonchev–Trinajstić information content (AvgIpc) is 3.02. The molecular weight excluding hydrogens is 196 g/mol. The first-order valence-corrected chi connectivity index (χ1v) is 4.23. The smallest absolute Gasteiger partial charge is 0.288 e. The van der Waals surface area contributed by atoms with Crippen molar-refractivity contribution >= 4 is 6.34 Å². The fourth-order valence-electron chi connectivity index (χ4n) is 1.40. The van der Waals surface area contributed by atoms with Gasteiger partial charge in [0.05, 0.1) is 0 Å². The van der Waals surface area contributed by atoms with E-state index in [9.17, 15) is 0 Å². The number of rotatable bonds is 2. The monoisotopic (exact) mass is 202 g/mol. The van der Waals surface area contributed by atoms with Crippen LogP contribution in [0.4, 0.5) is 0 Å². The second kappa shape index (κ2) is 2.80. The van der Waals surface area contributed by atoms with E-state index in [2.05, 4.69) is 40.4 Å². The van der Waals surface area contributed by atoms with Gasteiger partial charge in [0.15, 0.2) is 11.6 Å². The Morgan fingerprint density at radius 1 is 1.20 bits per heavy atom. The molecule has 0 amide bonds. The van der Waals surface area contributed by atoms with Gasteiger partial charge in [0.1, 0.15) is 12.7 Å². The van der Waals surface area contributed by atoms with Gasteiger partial charge in [-0.05, 0) is 0 Å². The fraction of sp³-hybridized carbons (Fsp3) is 0.143. The van der Waals surface area contributed by atoms with Crippen LogP contribution in [0.1, 0.15) is 11.6 Å². The van der Waals surface area contributed by atoms with Gasteiger partial charge in [-0.25, -0.2) is 15.0 Å². The summed E-state index contributed by atoms with van der Waals surface area (Å²) in [5, 5.41) is 14.2. The molecule has 1 unspecified atom stereocenters. The summed E-state index contributed by atoms with van der Waals surface area (Å²) < 4.78 is 0. The van der Waals surface area contributed by atoms with Crippen molar-refractivity contribution in [3.8, 4) is 0 Å². The second-order valence-electron chi connectivity index (χ2n) is 2.90. The van der Waals surface area contributed by atoms with Crippen LogP contribution in [-0.4, -0.2) is 31.5 Å². The van der Waals surface area contributed by atoms with Crippen molar-refractivity contribution in [1.82, 2.24) is 25.1 Å². The van der Waals surface area contributed by atoms with Gasteiger partial charge in [-0.15, -0.1) is 10.2 Å². The predicted octanol–water partition coefficient (Wildman–Crippen LogP) is 0.223. The number of nitrogens with zero attached hydrogens (tertiary/aromatic N) is 6. The summed E-state index contributed by atoms with van der Waals surface area (Å²) >= 11 is 0. The van der Waals surface area contributed by atoms with Gasteiger partial charge in [-0.2, -0.15) is 5.10 Å². The van der Waals surface area contributed by atoms with Gasteiger partial charge >= 0.3 is 0 Å². The summed E-state index contributed by atoms with van der Waals surface area (Å²) in [7, 11) is 0. The Hall–Kier alpha value is -2.38. The van der Waals surface area contributed by atoms with Crippen molar-refractivity contribution in [2.75, 3.05) is 0 Å². The summed E-state index contributed by atoms with van der Waals surface area (Å²) in [6, 6.07) is 0. The Kier molecular flexibility index (Phi) is 1.49. The van der Waals surface area contributed by atoms with E-state index in [1.165, 1.54) is 12.7 Å².